The standard InChI is InChI=1S/C24H20ClF3N4O2/c25-17-7-9-18(10-8-17)30-22(33)16-6-11-21(29-14-16)31-12-3-13-32(15-31)23(34)19-4-1-2-5-20(19)24(26,27)28/h1-2,4-11,14H,3,12-13,15H2,(H,30,33). The van der Waals surface area contributed by atoms with Gasteiger partial charge in [0, 0.05) is 30.0 Å². The van der Waals surface area contributed by atoms with Gasteiger partial charge in [-0.15, -0.1) is 0 Å². The van der Waals surface area contributed by atoms with Gasteiger partial charge in [0.25, 0.3) is 11.8 Å². The molecule has 1 saturated heterocycles. The maximum absolute atomic E-state index is 13.3. The van der Waals surface area contributed by atoms with Gasteiger partial charge in [-0.3, -0.25) is 9.59 Å². The lowest BCUT2D eigenvalue weighted by Gasteiger charge is -2.36. The summed E-state index contributed by atoms with van der Waals surface area (Å²) in [5.74, 6) is -0.512. The van der Waals surface area contributed by atoms with Gasteiger partial charge in [-0.1, -0.05) is 23.7 Å². The third kappa shape index (κ3) is 5.31. The molecule has 2 aromatic carbocycles. The number of halogens is 4. The summed E-state index contributed by atoms with van der Waals surface area (Å²) in [6, 6.07) is 14.7. The maximum atomic E-state index is 13.3. The highest BCUT2D eigenvalue weighted by atomic mass is 35.5. The minimum Gasteiger partial charge on any atom is -0.339 e. The summed E-state index contributed by atoms with van der Waals surface area (Å²) in [7, 11) is 0. The van der Waals surface area contributed by atoms with Gasteiger partial charge in [0.2, 0.25) is 0 Å². The van der Waals surface area contributed by atoms with Crippen LogP contribution in [0.5, 0.6) is 0 Å². The van der Waals surface area contributed by atoms with Crippen molar-refractivity contribution in [3.05, 3.63) is 88.6 Å². The Bertz CT molecular complexity index is 1180. The molecule has 1 aliphatic heterocycles. The number of anilines is 2. The summed E-state index contributed by atoms with van der Waals surface area (Å²) in [6.07, 6.45) is -2.63. The van der Waals surface area contributed by atoms with E-state index in [-0.39, 0.29) is 18.1 Å². The van der Waals surface area contributed by atoms with Crippen molar-refractivity contribution in [2.24, 2.45) is 0 Å². The molecule has 0 aliphatic carbocycles. The Kier molecular flexibility index (Phi) is 6.74. The van der Waals surface area contributed by atoms with Crippen LogP contribution in [0.2, 0.25) is 5.02 Å². The second-order valence-corrected chi connectivity index (χ2v) is 8.17. The molecule has 34 heavy (non-hydrogen) atoms. The Morgan fingerprint density at radius 3 is 2.38 bits per heavy atom. The molecular weight excluding hydrogens is 469 g/mol. The molecule has 0 unspecified atom stereocenters. The fourth-order valence-electron chi connectivity index (χ4n) is 3.68. The predicted octanol–water partition coefficient (Wildman–Crippen LogP) is 5.32. The second-order valence-electron chi connectivity index (χ2n) is 7.74. The lowest BCUT2D eigenvalue weighted by atomic mass is 10.1. The minimum absolute atomic E-state index is 0.0916. The monoisotopic (exact) mass is 488 g/mol. The lowest BCUT2D eigenvalue weighted by molar-refractivity contribution is -0.138. The van der Waals surface area contributed by atoms with Crippen LogP contribution < -0.4 is 10.2 Å². The number of aromatic nitrogens is 1. The van der Waals surface area contributed by atoms with E-state index >= 15 is 0 Å². The first kappa shape index (κ1) is 23.6. The van der Waals surface area contributed by atoms with Crippen LogP contribution in [0.3, 0.4) is 0 Å². The zero-order valence-corrected chi connectivity index (χ0v) is 18.6. The number of amides is 2. The molecule has 1 aliphatic rings. The fraction of sp³-hybridized carbons (Fsp3) is 0.208. The van der Waals surface area contributed by atoms with Gasteiger partial charge >= 0.3 is 6.18 Å². The van der Waals surface area contributed by atoms with E-state index in [2.05, 4.69) is 10.3 Å². The Hall–Kier alpha value is -3.59. The summed E-state index contributed by atoms with van der Waals surface area (Å²) in [5.41, 5.74) is -0.407. The highest BCUT2D eigenvalue weighted by molar-refractivity contribution is 6.30. The Balaban J connectivity index is 1.45. The quantitative estimate of drug-likeness (QED) is 0.540. The van der Waals surface area contributed by atoms with E-state index in [0.29, 0.717) is 41.6 Å². The van der Waals surface area contributed by atoms with Crippen LogP contribution in [-0.4, -0.2) is 41.5 Å². The minimum atomic E-state index is -4.62. The van der Waals surface area contributed by atoms with Gasteiger partial charge in [-0.25, -0.2) is 4.98 Å². The van der Waals surface area contributed by atoms with Crippen LogP contribution in [0.4, 0.5) is 24.7 Å². The molecule has 0 bridgehead atoms. The summed E-state index contributed by atoms with van der Waals surface area (Å²) < 4.78 is 40.0. The number of pyridine rings is 1. The van der Waals surface area contributed by atoms with Crippen LogP contribution in [0.15, 0.2) is 66.9 Å². The Labute approximate surface area is 199 Å². The van der Waals surface area contributed by atoms with E-state index in [4.69, 9.17) is 11.6 Å². The van der Waals surface area contributed by atoms with Crippen molar-refractivity contribution in [2.75, 3.05) is 30.0 Å². The first-order valence-corrected chi connectivity index (χ1v) is 10.8. The maximum Gasteiger partial charge on any atom is 0.417 e. The van der Waals surface area contributed by atoms with E-state index in [9.17, 15) is 22.8 Å². The number of rotatable bonds is 4. The second kappa shape index (κ2) is 9.72. The number of hydrogen-bond donors (Lipinski definition) is 1. The lowest BCUT2D eigenvalue weighted by Crippen LogP contribution is -2.48. The zero-order chi connectivity index (χ0) is 24.3. The number of nitrogens with zero attached hydrogens (tertiary/aromatic N) is 3. The number of carbonyl (C=O) groups is 2. The van der Waals surface area contributed by atoms with E-state index < -0.39 is 17.6 Å². The van der Waals surface area contributed by atoms with Crippen molar-refractivity contribution in [3.8, 4) is 0 Å². The van der Waals surface area contributed by atoms with E-state index in [0.717, 1.165) is 6.07 Å². The van der Waals surface area contributed by atoms with Crippen molar-refractivity contribution >= 4 is 34.9 Å². The van der Waals surface area contributed by atoms with Gasteiger partial charge in [-0.05, 0) is 55.0 Å². The third-order valence-electron chi connectivity index (χ3n) is 5.38. The first-order chi connectivity index (χ1) is 16.2. The van der Waals surface area contributed by atoms with E-state index in [1.54, 1.807) is 41.3 Å². The number of alkyl halides is 3. The largest absolute Gasteiger partial charge is 0.417 e. The summed E-state index contributed by atoms with van der Waals surface area (Å²) in [5, 5.41) is 3.30. The molecule has 0 saturated carbocycles. The van der Waals surface area contributed by atoms with Crippen molar-refractivity contribution in [3.63, 3.8) is 0 Å². The summed E-state index contributed by atoms with van der Waals surface area (Å²) >= 11 is 5.85. The smallest absolute Gasteiger partial charge is 0.339 e. The molecule has 176 valence electrons. The number of nitrogens with one attached hydrogen (secondary N) is 1. The highest BCUT2D eigenvalue weighted by Crippen LogP contribution is 2.32. The molecule has 6 nitrogen and oxygen atoms in total. The summed E-state index contributed by atoms with van der Waals surface area (Å²) in [4.78, 5) is 32.8. The number of hydrogen-bond acceptors (Lipinski definition) is 4. The van der Waals surface area contributed by atoms with Crippen LogP contribution in [0.1, 0.15) is 32.7 Å². The molecule has 0 spiro atoms. The van der Waals surface area contributed by atoms with Crippen LogP contribution in [-0.2, 0) is 6.18 Å². The molecule has 1 N–H and O–H groups in total. The molecule has 3 aromatic rings. The van der Waals surface area contributed by atoms with E-state index in [1.165, 1.54) is 29.3 Å². The van der Waals surface area contributed by atoms with Gasteiger partial charge in [-0.2, -0.15) is 13.2 Å². The topological polar surface area (TPSA) is 65.5 Å². The molecule has 0 radical (unpaired) electrons. The highest BCUT2D eigenvalue weighted by Gasteiger charge is 2.36. The van der Waals surface area contributed by atoms with Crippen LogP contribution >= 0.6 is 11.6 Å². The fourth-order valence-corrected chi connectivity index (χ4v) is 3.81. The molecule has 0 atom stereocenters. The Morgan fingerprint density at radius 2 is 1.71 bits per heavy atom. The predicted molar refractivity (Wildman–Crippen MR) is 123 cm³/mol. The van der Waals surface area contributed by atoms with Crippen molar-refractivity contribution in [1.29, 1.82) is 0 Å². The zero-order valence-electron chi connectivity index (χ0n) is 17.8. The van der Waals surface area contributed by atoms with Gasteiger partial charge < -0.3 is 15.1 Å². The third-order valence-corrected chi connectivity index (χ3v) is 5.64. The van der Waals surface area contributed by atoms with Crippen LogP contribution in [0.25, 0.3) is 0 Å². The SMILES string of the molecule is O=C(Nc1ccc(Cl)cc1)c1ccc(N2CCCN(C(=O)c3ccccc3C(F)(F)F)C2)nc1. The molecular formula is C24H20ClF3N4O2. The number of benzene rings is 2. The summed E-state index contributed by atoms with van der Waals surface area (Å²) in [6.45, 7) is 1.01. The Morgan fingerprint density at radius 1 is 0.971 bits per heavy atom. The van der Waals surface area contributed by atoms with Gasteiger partial charge in [0.15, 0.2) is 0 Å². The molecule has 10 heteroatoms. The van der Waals surface area contributed by atoms with Gasteiger partial charge in [0.1, 0.15) is 5.82 Å². The first-order valence-electron chi connectivity index (χ1n) is 10.5. The molecule has 2 heterocycles. The van der Waals surface area contributed by atoms with E-state index in [1.807, 2.05) is 0 Å². The molecule has 2 amide bonds. The van der Waals surface area contributed by atoms with Crippen molar-refractivity contribution in [2.45, 2.75) is 12.6 Å². The van der Waals surface area contributed by atoms with Crippen molar-refractivity contribution < 1.29 is 22.8 Å². The average Bonchev–Trinajstić information content (AvgIpc) is 2.84. The number of carbonyl (C=O) groups excluding carboxylic acids is 2. The average molecular weight is 489 g/mol. The molecule has 4 rings (SSSR count). The van der Waals surface area contributed by atoms with Gasteiger partial charge in [0.05, 0.1) is 23.4 Å². The normalized spacial score (nSPS) is 14.1. The molecule has 1 aromatic heterocycles. The molecule has 1 fully saturated rings. The van der Waals surface area contributed by atoms with Crippen molar-refractivity contribution in [1.82, 2.24) is 9.88 Å². The van der Waals surface area contributed by atoms with Crippen LogP contribution in [0, 0.1) is 0 Å².